The molecule has 2 N–H and O–H groups in total. The van der Waals surface area contributed by atoms with Gasteiger partial charge in [0, 0.05) is 11.0 Å². The lowest BCUT2D eigenvalue weighted by Crippen LogP contribution is -2.14. The Bertz CT molecular complexity index is 423. The van der Waals surface area contributed by atoms with Crippen molar-refractivity contribution in [3.8, 4) is 0 Å². The van der Waals surface area contributed by atoms with Crippen LogP contribution in [0.4, 0.5) is 32.0 Å². The summed E-state index contributed by atoms with van der Waals surface area (Å²) < 4.78 is 74.6. The fourth-order valence-electron chi connectivity index (χ4n) is 1.22. The van der Waals surface area contributed by atoms with Crippen LogP contribution in [-0.4, -0.2) is 0 Å². The van der Waals surface area contributed by atoms with E-state index in [1.54, 1.807) is 0 Å². The summed E-state index contributed by atoms with van der Waals surface area (Å²) in [6, 6.07) is 0.612. The van der Waals surface area contributed by atoms with Gasteiger partial charge in [0.1, 0.15) is 0 Å². The van der Waals surface area contributed by atoms with Gasteiger partial charge in [-0.25, -0.2) is 0 Å². The normalized spacial score (nSPS) is 12.9. The Labute approximate surface area is 101 Å². The van der Waals surface area contributed by atoms with Gasteiger partial charge in [-0.15, -0.1) is 0 Å². The van der Waals surface area contributed by atoms with Gasteiger partial charge in [-0.1, -0.05) is 15.9 Å². The number of hydrogen-bond acceptors (Lipinski definition) is 1. The van der Waals surface area contributed by atoms with Crippen molar-refractivity contribution in [2.45, 2.75) is 17.7 Å². The van der Waals surface area contributed by atoms with Crippen molar-refractivity contribution in [3.63, 3.8) is 0 Å². The Morgan fingerprint density at radius 2 is 1.53 bits per heavy atom. The standard InChI is InChI=1S/C9H6BrF6N/c10-3-4-1-5(8(11,12)13)2-6(7(4)17)9(14,15)16/h1-2H,3,17H2. The van der Waals surface area contributed by atoms with Gasteiger partial charge >= 0.3 is 12.4 Å². The van der Waals surface area contributed by atoms with Crippen LogP contribution in [-0.2, 0) is 17.7 Å². The minimum absolute atomic E-state index is 0.0154. The second kappa shape index (κ2) is 4.40. The first-order valence-electron chi connectivity index (χ1n) is 4.20. The first-order chi connectivity index (χ1) is 7.57. The van der Waals surface area contributed by atoms with Crippen LogP contribution in [0, 0.1) is 0 Å². The highest BCUT2D eigenvalue weighted by atomic mass is 79.9. The van der Waals surface area contributed by atoms with E-state index in [1.807, 2.05) is 0 Å². The highest BCUT2D eigenvalue weighted by Gasteiger charge is 2.38. The summed E-state index contributed by atoms with van der Waals surface area (Å²) in [4.78, 5) is 0. The molecule has 0 radical (unpaired) electrons. The Kier molecular flexibility index (Phi) is 3.66. The summed E-state index contributed by atoms with van der Waals surface area (Å²) >= 11 is 2.80. The number of hydrogen-bond donors (Lipinski definition) is 1. The van der Waals surface area contributed by atoms with Crippen LogP contribution in [0.2, 0.25) is 0 Å². The topological polar surface area (TPSA) is 26.0 Å². The molecule has 1 aromatic rings. The molecule has 96 valence electrons. The van der Waals surface area contributed by atoms with Crippen molar-refractivity contribution >= 4 is 21.6 Å². The average molecular weight is 322 g/mol. The SMILES string of the molecule is Nc1c(CBr)cc(C(F)(F)F)cc1C(F)(F)F. The number of nitrogen functional groups attached to an aromatic ring is 1. The van der Waals surface area contributed by atoms with Gasteiger partial charge in [0.05, 0.1) is 11.1 Å². The zero-order chi connectivity index (χ0) is 13.4. The minimum Gasteiger partial charge on any atom is -0.398 e. The fraction of sp³-hybridized carbons (Fsp3) is 0.333. The summed E-state index contributed by atoms with van der Waals surface area (Å²) in [7, 11) is 0. The quantitative estimate of drug-likeness (QED) is 0.468. The van der Waals surface area contributed by atoms with Crippen LogP contribution >= 0.6 is 15.9 Å². The summed E-state index contributed by atoms with van der Waals surface area (Å²) in [6.45, 7) is 0. The molecule has 0 aliphatic carbocycles. The highest BCUT2D eigenvalue weighted by molar-refractivity contribution is 9.08. The van der Waals surface area contributed by atoms with E-state index in [4.69, 9.17) is 5.73 Å². The molecule has 0 unspecified atom stereocenters. The summed E-state index contributed by atoms with van der Waals surface area (Å²) in [5.74, 6) is 0. The van der Waals surface area contributed by atoms with E-state index in [0.29, 0.717) is 6.07 Å². The molecule has 0 aliphatic rings. The van der Waals surface area contributed by atoms with Crippen molar-refractivity contribution in [1.29, 1.82) is 0 Å². The molecular weight excluding hydrogens is 316 g/mol. The van der Waals surface area contributed by atoms with Gasteiger partial charge < -0.3 is 5.73 Å². The molecule has 0 amide bonds. The Hall–Kier alpha value is -0.920. The van der Waals surface area contributed by atoms with E-state index >= 15 is 0 Å². The average Bonchev–Trinajstić information content (AvgIpc) is 2.14. The predicted octanol–water partition coefficient (Wildman–Crippen LogP) is 4.20. The molecule has 1 rings (SSSR count). The Morgan fingerprint density at radius 1 is 1.00 bits per heavy atom. The number of nitrogens with two attached hydrogens (primary N) is 1. The highest BCUT2D eigenvalue weighted by Crippen LogP contribution is 2.40. The molecule has 0 atom stereocenters. The molecule has 0 spiro atoms. The molecule has 0 fully saturated rings. The lowest BCUT2D eigenvalue weighted by molar-refractivity contribution is -0.142. The lowest BCUT2D eigenvalue weighted by Gasteiger charge is -2.16. The van der Waals surface area contributed by atoms with Gasteiger partial charge in [-0.2, -0.15) is 26.3 Å². The molecule has 0 aromatic heterocycles. The maximum Gasteiger partial charge on any atom is 0.418 e. The van der Waals surface area contributed by atoms with E-state index < -0.39 is 29.2 Å². The molecular formula is C9H6BrF6N. The molecule has 0 bridgehead atoms. The van der Waals surface area contributed by atoms with Crippen molar-refractivity contribution in [3.05, 3.63) is 28.8 Å². The number of anilines is 1. The molecule has 1 aromatic carbocycles. The number of benzene rings is 1. The number of halogens is 7. The second-order valence-corrected chi connectivity index (χ2v) is 3.79. The maximum absolute atomic E-state index is 12.5. The first-order valence-corrected chi connectivity index (χ1v) is 5.32. The third-order valence-electron chi connectivity index (χ3n) is 2.04. The molecule has 0 aliphatic heterocycles. The van der Waals surface area contributed by atoms with Crippen molar-refractivity contribution < 1.29 is 26.3 Å². The van der Waals surface area contributed by atoms with Crippen LogP contribution in [0.1, 0.15) is 16.7 Å². The van der Waals surface area contributed by atoms with Crippen molar-refractivity contribution in [1.82, 2.24) is 0 Å². The van der Waals surface area contributed by atoms with Crippen LogP contribution in [0.25, 0.3) is 0 Å². The van der Waals surface area contributed by atoms with Crippen molar-refractivity contribution in [2.24, 2.45) is 0 Å². The third-order valence-corrected chi connectivity index (χ3v) is 2.65. The number of alkyl halides is 7. The summed E-state index contributed by atoms with van der Waals surface area (Å²) in [6.07, 6.45) is -9.76. The number of rotatable bonds is 1. The Morgan fingerprint density at radius 3 is 1.88 bits per heavy atom. The molecule has 0 saturated heterocycles. The van der Waals surface area contributed by atoms with E-state index in [9.17, 15) is 26.3 Å². The van der Waals surface area contributed by atoms with Crippen LogP contribution in [0.3, 0.4) is 0 Å². The van der Waals surface area contributed by atoms with Crippen LogP contribution in [0.15, 0.2) is 12.1 Å². The Balaban J connectivity index is 3.50. The largest absolute Gasteiger partial charge is 0.418 e. The minimum atomic E-state index is -4.91. The molecule has 0 heterocycles. The molecule has 17 heavy (non-hydrogen) atoms. The molecule has 8 heteroatoms. The zero-order valence-electron chi connectivity index (χ0n) is 8.08. The monoisotopic (exact) mass is 321 g/mol. The predicted molar refractivity (Wildman–Crippen MR) is 53.5 cm³/mol. The zero-order valence-corrected chi connectivity index (χ0v) is 9.67. The van der Waals surface area contributed by atoms with Crippen LogP contribution < -0.4 is 5.73 Å². The summed E-state index contributed by atoms with van der Waals surface area (Å²) in [5.41, 5.74) is 1.40. The van der Waals surface area contributed by atoms with E-state index in [2.05, 4.69) is 15.9 Å². The van der Waals surface area contributed by atoms with Crippen LogP contribution in [0.5, 0.6) is 0 Å². The maximum atomic E-state index is 12.5. The lowest BCUT2D eigenvalue weighted by atomic mass is 10.0. The fourth-order valence-corrected chi connectivity index (χ4v) is 1.69. The second-order valence-electron chi connectivity index (χ2n) is 3.23. The van der Waals surface area contributed by atoms with Gasteiger partial charge in [-0.3, -0.25) is 0 Å². The van der Waals surface area contributed by atoms with Gasteiger partial charge in [0.25, 0.3) is 0 Å². The molecule has 0 saturated carbocycles. The molecule has 1 nitrogen and oxygen atoms in total. The summed E-state index contributed by atoms with van der Waals surface area (Å²) in [5, 5.41) is -0.189. The van der Waals surface area contributed by atoms with E-state index in [1.165, 1.54) is 0 Å². The van der Waals surface area contributed by atoms with E-state index in [0.717, 1.165) is 0 Å². The first kappa shape index (κ1) is 14.1. The van der Waals surface area contributed by atoms with E-state index in [-0.39, 0.29) is 17.0 Å². The van der Waals surface area contributed by atoms with Gasteiger partial charge in [0.2, 0.25) is 0 Å². The van der Waals surface area contributed by atoms with Crippen molar-refractivity contribution in [2.75, 3.05) is 5.73 Å². The van der Waals surface area contributed by atoms with Gasteiger partial charge in [-0.05, 0) is 17.7 Å². The smallest absolute Gasteiger partial charge is 0.398 e. The third kappa shape index (κ3) is 3.05. The van der Waals surface area contributed by atoms with Gasteiger partial charge in [0.15, 0.2) is 0 Å².